The second-order valence-corrected chi connectivity index (χ2v) is 5.03. The summed E-state index contributed by atoms with van der Waals surface area (Å²) in [6.07, 6.45) is -7.84. The Labute approximate surface area is 127 Å². The second kappa shape index (κ2) is 6.46. The highest BCUT2D eigenvalue weighted by atomic mass is 19.4. The van der Waals surface area contributed by atoms with E-state index >= 15 is 0 Å². The first kappa shape index (κ1) is 21.2. The topological polar surface area (TPSA) is 18.5 Å². The van der Waals surface area contributed by atoms with Gasteiger partial charge in [0.15, 0.2) is 6.29 Å². The second-order valence-electron chi connectivity index (χ2n) is 5.03. The minimum Gasteiger partial charge on any atom is -0.353 e. The van der Waals surface area contributed by atoms with Gasteiger partial charge in [0.25, 0.3) is 0 Å². The van der Waals surface area contributed by atoms with Gasteiger partial charge in [0, 0.05) is 6.61 Å². The van der Waals surface area contributed by atoms with Crippen LogP contribution in [0.4, 0.5) is 48.3 Å². The molecule has 0 aromatic heterocycles. The molecular formula is C11H11F11O2. The average molecular weight is 384 g/mol. The van der Waals surface area contributed by atoms with Crippen LogP contribution in [0.5, 0.6) is 0 Å². The Morgan fingerprint density at radius 2 is 1.29 bits per heavy atom. The van der Waals surface area contributed by atoms with Gasteiger partial charge in [-0.1, -0.05) is 0 Å². The minimum absolute atomic E-state index is 0.00502. The van der Waals surface area contributed by atoms with E-state index in [2.05, 4.69) is 9.47 Å². The Kier molecular flexibility index (Phi) is 5.71. The molecule has 24 heavy (non-hydrogen) atoms. The fraction of sp³-hybridized carbons (Fsp3) is 1.00. The summed E-state index contributed by atoms with van der Waals surface area (Å²) in [5.41, 5.74) is 0. The summed E-state index contributed by atoms with van der Waals surface area (Å²) in [5.74, 6) is -27.8. The van der Waals surface area contributed by atoms with Gasteiger partial charge in [-0.15, -0.1) is 0 Å². The number of alkyl halides is 11. The first-order chi connectivity index (χ1) is 10.6. The molecule has 1 saturated heterocycles. The Morgan fingerprint density at radius 1 is 0.750 bits per heavy atom. The van der Waals surface area contributed by atoms with Gasteiger partial charge in [0.1, 0.15) is 6.61 Å². The molecule has 0 bridgehead atoms. The molecule has 0 N–H and O–H groups in total. The lowest BCUT2D eigenvalue weighted by Crippen LogP contribution is -2.67. The van der Waals surface area contributed by atoms with Crippen molar-refractivity contribution in [2.45, 2.75) is 55.4 Å². The molecule has 1 atom stereocenters. The van der Waals surface area contributed by atoms with Gasteiger partial charge in [-0.05, 0) is 19.3 Å². The normalized spacial score (nSPS) is 21.9. The third-order valence-electron chi connectivity index (χ3n) is 3.19. The lowest BCUT2D eigenvalue weighted by atomic mass is 9.98. The summed E-state index contributed by atoms with van der Waals surface area (Å²) in [7, 11) is 0. The summed E-state index contributed by atoms with van der Waals surface area (Å²) in [6.45, 7) is -2.52. The quantitative estimate of drug-likeness (QED) is 0.622. The van der Waals surface area contributed by atoms with E-state index in [9.17, 15) is 48.3 Å². The van der Waals surface area contributed by atoms with Crippen LogP contribution in [0.3, 0.4) is 0 Å². The summed E-state index contributed by atoms with van der Waals surface area (Å²) >= 11 is 0. The van der Waals surface area contributed by atoms with Gasteiger partial charge in [0.05, 0.1) is 0 Å². The van der Waals surface area contributed by atoms with Crippen LogP contribution >= 0.6 is 0 Å². The van der Waals surface area contributed by atoms with Gasteiger partial charge in [-0.3, -0.25) is 0 Å². The molecule has 1 aliphatic rings. The third-order valence-corrected chi connectivity index (χ3v) is 3.19. The highest BCUT2D eigenvalue weighted by Gasteiger charge is 2.87. The molecule has 2 nitrogen and oxygen atoms in total. The molecule has 0 saturated carbocycles. The first-order valence-corrected chi connectivity index (χ1v) is 6.39. The van der Waals surface area contributed by atoms with Crippen LogP contribution in [-0.4, -0.2) is 49.4 Å². The zero-order chi connectivity index (χ0) is 19.0. The summed E-state index contributed by atoms with van der Waals surface area (Å²) in [5, 5.41) is 0. The summed E-state index contributed by atoms with van der Waals surface area (Å²) in [6, 6.07) is 0. The van der Waals surface area contributed by atoms with Crippen molar-refractivity contribution < 1.29 is 57.8 Å². The minimum atomic E-state index is -7.40. The number of halogens is 11. The molecule has 1 fully saturated rings. The fourth-order valence-electron chi connectivity index (χ4n) is 1.74. The molecule has 0 spiro atoms. The zero-order valence-corrected chi connectivity index (χ0v) is 11.6. The van der Waals surface area contributed by atoms with Crippen LogP contribution in [0.2, 0.25) is 0 Å². The van der Waals surface area contributed by atoms with E-state index in [1.165, 1.54) is 0 Å². The van der Waals surface area contributed by atoms with E-state index in [-0.39, 0.29) is 13.0 Å². The molecule has 0 amide bonds. The van der Waals surface area contributed by atoms with Crippen molar-refractivity contribution in [3.05, 3.63) is 0 Å². The first-order valence-electron chi connectivity index (χ1n) is 6.39. The zero-order valence-electron chi connectivity index (χ0n) is 11.6. The predicted molar refractivity (Wildman–Crippen MR) is 55.4 cm³/mol. The molecule has 1 rings (SSSR count). The molecule has 144 valence electrons. The van der Waals surface area contributed by atoms with Crippen molar-refractivity contribution in [1.29, 1.82) is 0 Å². The van der Waals surface area contributed by atoms with Gasteiger partial charge in [-0.2, -0.15) is 48.3 Å². The molecule has 1 unspecified atom stereocenters. The molecule has 13 heteroatoms. The SMILES string of the molecule is FC(F)(F)C(F)(F)C(F)(F)C(F)(F)C(F)(F)COC1CCCCO1. The summed E-state index contributed by atoms with van der Waals surface area (Å²) < 4.78 is 148. The highest BCUT2D eigenvalue weighted by Crippen LogP contribution is 2.57. The van der Waals surface area contributed by atoms with Crippen LogP contribution in [0, 0.1) is 0 Å². The maximum Gasteiger partial charge on any atom is 0.460 e. The standard InChI is InChI=1S/C11H11F11O2/c12-7(13,5-24-6-3-1-2-4-23-6)8(14,15)9(16,17)10(18,19)11(20,21)22/h6H,1-5H2. The van der Waals surface area contributed by atoms with Crippen molar-refractivity contribution in [2.24, 2.45) is 0 Å². The van der Waals surface area contributed by atoms with Crippen LogP contribution in [0.15, 0.2) is 0 Å². The number of hydrogen-bond acceptors (Lipinski definition) is 2. The van der Waals surface area contributed by atoms with Crippen molar-refractivity contribution in [2.75, 3.05) is 13.2 Å². The smallest absolute Gasteiger partial charge is 0.353 e. The van der Waals surface area contributed by atoms with E-state index in [1.54, 1.807) is 0 Å². The number of rotatable bonds is 6. The maximum atomic E-state index is 13.3. The highest BCUT2D eigenvalue weighted by molar-refractivity contribution is 5.06. The number of hydrogen-bond donors (Lipinski definition) is 0. The van der Waals surface area contributed by atoms with Crippen molar-refractivity contribution in [3.63, 3.8) is 0 Å². The van der Waals surface area contributed by atoms with Gasteiger partial charge in [-0.25, -0.2) is 0 Å². The molecule has 0 aromatic carbocycles. The third kappa shape index (κ3) is 3.55. The van der Waals surface area contributed by atoms with Crippen molar-refractivity contribution in [1.82, 2.24) is 0 Å². The fourth-order valence-corrected chi connectivity index (χ4v) is 1.74. The monoisotopic (exact) mass is 384 g/mol. The predicted octanol–water partition coefficient (Wildman–Crippen LogP) is 4.63. The van der Waals surface area contributed by atoms with Crippen molar-refractivity contribution in [3.8, 4) is 0 Å². The van der Waals surface area contributed by atoms with Gasteiger partial charge in [0.2, 0.25) is 0 Å². The molecule has 0 radical (unpaired) electrons. The van der Waals surface area contributed by atoms with Crippen LogP contribution < -0.4 is 0 Å². The van der Waals surface area contributed by atoms with Gasteiger partial charge >= 0.3 is 29.9 Å². The Morgan fingerprint density at radius 3 is 1.71 bits per heavy atom. The largest absolute Gasteiger partial charge is 0.460 e. The Balaban J connectivity index is 2.97. The van der Waals surface area contributed by atoms with E-state index in [0.717, 1.165) is 0 Å². The van der Waals surface area contributed by atoms with Crippen LogP contribution in [0.1, 0.15) is 19.3 Å². The molecule has 0 aliphatic carbocycles. The van der Waals surface area contributed by atoms with E-state index in [0.29, 0.717) is 12.8 Å². The average Bonchev–Trinajstić information content (AvgIpc) is 2.44. The number of ether oxygens (including phenoxy) is 2. The van der Waals surface area contributed by atoms with Crippen LogP contribution in [0.25, 0.3) is 0 Å². The van der Waals surface area contributed by atoms with Crippen LogP contribution in [-0.2, 0) is 9.47 Å². The molecule has 1 aliphatic heterocycles. The Hall–Kier alpha value is -0.850. The molecule has 1 heterocycles. The molecular weight excluding hydrogens is 373 g/mol. The van der Waals surface area contributed by atoms with E-state index < -0.39 is 42.8 Å². The maximum absolute atomic E-state index is 13.3. The molecule has 0 aromatic rings. The summed E-state index contributed by atoms with van der Waals surface area (Å²) in [4.78, 5) is 0. The van der Waals surface area contributed by atoms with E-state index in [1.807, 2.05) is 0 Å². The van der Waals surface area contributed by atoms with E-state index in [4.69, 9.17) is 0 Å². The lowest BCUT2D eigenvalue weighted by Gasteiger charge is -2.37. The Bertz CT molecular complexity index is 426. The lowest BCUT2D eigenvalue weighted by molar-refractivity contribution is -0.426. The van der Waals surface area contributed by atoms with Gasteiger partial charge < -0.3 is 9.47 Å². The van der Waals surface area contributed by atoms with Crippen molar-refractivity contribution >= 4 is 0 Å².